The minimum atomic E-state index is -0.753. The second-order valence-electron chi connectivity index (χ2n) is 11.2. The summed E-state index contributed by atoms with van der Waals surface area (Å²) in [6.07, 6.45) is 3.11. The van der Waals surface area contributed by atoms with Crippen LogP contribution in [0.2, 0.25) is 0 Å². The maximum atomic E-state index is 15.4. The minimum absolute atomic E-state index is 0. The highest BCUT2D eigenvalue weighted by molar-refractivity contribution is 6.11. The molecule has 3 aromatic rings. The summed E-state index contributed by atoms with van der Waals surface area (Å²) >= 11 is 0. The van der Waals surface area contributed by atoms with Crippen LogP contribution in [-0.2, 0) is 20.8 Å². The van der Waals surface area contributed by atoms with Crippen molar-refractivity contribution in [1.29, 1.82) is 0 Å². The summed E-state index contributed by atoms with van der Waals surface area (Å²) in [5.74, 6) is -1.89. The maximum absolute atomic E-state index is 15.4. The number of nitrogens with zero attached hydrogens (tertiary/aromatic N) is 1. The van der Waals surface area contributed by atoms with E-state index >= 15 is 4.39 Å². The number of ether oxygens (including phenoxy) is 4. The molecule has 2 aliphatic rings. The molecule has 260 valence electrons. The van der Waals surface area contributed by atoms with Crippen LogP contribution in [0.1, 0.15) is 53.3 Å². The standard InChI is InChI=1S/C36H39FN4O7.ClH/c1-3-23-10-11-31(48-17-16-47-15-14-46-13-12-45-2)32(33(23)37)34(42)24-4-6-25(7-5-24)35(43)40-29-21-39-22-30(29)41-36(44)26-8-9-27-19-38-20-28(27)18-26;/h3-11,18-19,29-30,39H,1,12-17,20-22H2,2H3,(H,40,43)(H,41,44);1H/t29-,30-;/m1./s1. The van der Waals surface area contributed by atoms with Gasteiger partial charge in [-0.3, -0.25) is 19.4 Å². The van der Waals surface area contributed by atoms with Crippen LogP contribution in [0.15, 0.2) is 66.2 Å². The molecule has 0 saturated carbocycles. The number of hydrogen-bond acceptors (Lipinski definition) is 9. The largest absolute Gasteiger partial charge is 0.490 e. The first-order chi connectivity index (χ1) is 23.4. The van der Waals surface area contributed by atoms with Crippen LogP contribution >= 0.6 is 12.4 Å². The lowest BCUT2D eigenvalue weighted by Crippen LogP contribution is -2.51. The quantitative estimate of drug-likeness (QED) is 0.144. The van der Waals surface area contributed by atoms with Gasteiger partial charge in [-0.1, -0.05) is 30.9 Å². The number of amides is 2. The Balaban J connectivity index is 0.00000541. The average Bonchev–Trinajstić information content (AvgIpc) is 3.76. The second-order valence-corrected chi connectivity index (χ2v) is 11.2. The Labute approximate surface area is 290 Å². The van der Waals surface area contributed by atoms with Crippen LogP contribution in [-0.4, -0.2) is 95.7 Å². The molecule has 0 bridgehead atoms. The fourth-order valence-electron chi connectivity index (χ4n) is 5.39. The summed E-state index contributed by atoms with van der Waals surface area (Å²) in [6.45, 7) is 7.15. The molecule has 1 saturated heterocycles. The molecule has 0 unspecified atom stereocenters. The Kier molecular flexibility index (Phi) is 14.0. The summed E-state index contributed by atoms with van der Waals surface area (Å²) in [7, 11) is 1.59. The third kappa shape index (κ3) is 9.58. The molecule has 2 atom stereocenters. The van der Waals surface area contributed by atoms with E-state index in [1.165, 1.54) is 42.5 Å². The van der Waals surface area contributed by atoms with Crippen molar-refractivity contribution in [2.24, 2.45) is 4.99 Å². The number of hydrogen-bond donors (Lipinski definition) is 3. The van der Waals surface area contributed by atoms with Crippen LogP contribution in [0.25, 0.3) is 6.08 Å². The van der Waals surface area contributed by atoms with Gasteiger partial charge in [-0.25, -0.2) is 4.39 Å². The Morgan fingerprint density at radius 2 is 1.49 bits per heavy atom. The second kappa shape index (κ2) is 18.3. The Bertz CT molecular complexity index is 1670. The van der Waals surface area contributed by atoms with Gasteiger partial charge >= 0.3 is 0 Å². The predicted molar refractivity (Wildman–Crippen MR) is 186 cm³/mol. The molecule has 2 aliphatic heterocycles. The van der Waals surface area contributed by atoms with Gasteiger partial charge in [-0.05, 0) is 47.5 Å². The van der Waals surface area contributed by atoms with Gasteiger partial charge in [0.2, 0.25) is 0 Å². The number of nitrogens with one attached hydrogen (secondary N) is 3. The lowest BCUT2D eigenvalue weighted by Gasteiger charge is -2.21. The van der Waals surface area contributed by atoms with E-state index in [0.29, 0.717) is 57.2 Å². The highest BCUT2D eigenvalue weighted by Gasteiger charge is 2.30. The monoisotopic (exact) mass is 694 g/mol. The number of ketones is 1. The van der Waals surface area contributed by atoms with E-state index in [4.69, 9.17) is 18.9 Å². The smallest absolute Gasteiger partial charge is 0.251 e. The highest BCUT2D eigenvalue weighted by Crippen LogP contribution is 2.28. The average molecular weight is 695 g/mol. The first-order valence-corrected chi connectivity index (χ1v) is 15.7. The number of carbonyl (C=O) groups excluding carboxylic acids is 3. The van der Waals surface area contributed by atoms with E-state index in [0.717, 1.165) is 11.1 Å². The zero-order chi connectivity index (χ0) is 33.9. The third-order valence-electron chi connectivity index (χ3n) is 8.02. The number of aliphatic imine (C=N–C) groups is 1. The van der Waals surface area contributed by atoms with Crippen molar-refractivity contribution >= 4 is 42.3 Å². The van der Waals surface area contributed by atoms with Gasteiger partial charge in [0.25, 0.3) is 11.8 Å². The summed E-state index contributed by atoms with van der Waals surface area (Å²) in [5.41, 5.74) is 2.94. The molecule has 0 aliphatic carbocycles. The zero-order valence-electron chi connectivity index (χ0n) is 27.2. The number of halogens is 2. The fraction of sp³-hybridized carbons (Fsp3) is 0.333. The molecule has 5 rings (SSSR count). The summed E-state index contributed by atoms with van der Waals surface area (Å²) in [5, 5.41) is 9.19. The first-order valence-electron chi connectivity index (χ1n) is 15.7. The molecular weight excluding hydrogens is 655 g/mol. The molecule has 49 heavy (non-hydrogen) atoms. The molecule has 2 amide bonds. The highest BCUT2D eigenvalue weighted by atomic mass is 35.5. The summed E-state index contributed by atoms with van der Waals surface area (Å²) < 4.78 is 36.9. The Hall–Kier alpha value is -4.46. The minimum Gasteiger partial charge on any atom is -0.490 e. The fourth-order valence-corrected chi connectivity index (χ4v) is 5.39. The van der Waals surface area contributed by atoms with Gasteiger partial charge in [0.05, 0.1) is 51.7 Å². The van der Waals surface area contributed by atoms with Crippen LogP contribution in [0.5, 0.6) is 5.75 Å². The van der Waals surface area contributed by atoms with Crippen molar-refractivity contribution in [1.82, 2.24) is 16.0 Å². The molecule has 0 aromatic heterocycles. The number of fused-ring (bicyclic) bond motifs is 1. The van der Waals surface area contributed by atoms with Gasteiger partial charge in [0.1, 0.15) is 23.7 Å². The normalized spacial score (nSPS) is 16.0. The van der Waals surface area contributed by atoms with Crippen molar-refractivity contribution in [3.8, 4) is 5.75 Å². The SMILES string of the molecule is C=Cc1ccc(OCCOCCOCCOC)c(C(=O)c2ccc(C(=O)N[C@@H]3CNC[C@H]3NC(=O)c3ccc4c(c3)CN=C4)cc2)c1F.Cl. The van der Waals surface area contributed by atoms with E-state index in [-0.39, 0.29) is 72.0 Å². The number of rotatable bonds is 17. The van der Waals surface area contributed by atoms with Gasteiger partial charge in [0.15, 0.2) is 5.78 Å². The zero-order valence-corrected chi connectivity index (χ0v) is 28.0. The molecule has 0 radical (unpaired) electrons. The Morgan fingerprint density at radius 1 is 0.878 bits per heavy atom. The van der Waals surface area contributed by atoms with E-state index in [1.54, 1.807) is 19.4 Å². The van der Waals surface area contributed by atoms with Crippen molar-refractivity contribution < 1.29 is 37.7 Å². The van der Waals surface area contributed by atoms with Gasteiger partial charge in [0, 0.05) is 48.7 Å². The first kappa shape index (κ1) is 37.4. The molecule has 3 aromatic carbocycles. The summed E-state index contributed by atoms with van der Waals surface area (Å²) in [4.78, 5) is 43.9. The summed E-state index contributed by atoms with van der Waals surface area (Å²) in [6, 6.07) is 13.7. The van der Waals surface area contributed by atoms with E-state index in [2.05, 4.69) is 27.5 Å². The van der Waals surface area contributed by atoms with Gasteiger partial charge in [-0.15, -0.1) is 12.4 Å². The molecular formula is C36H40ClFN4O7. The topological polar surface area (TPSA) is 137 Å². The van der Waals surface area contributed by atoms with Crippen molar-refractivity contribution in [3.05, 3.63) is 106 Å². The molecule has 13 heteroatoms. The molecule has 11 nitrogen and oxygen atoms in total. The molecule has 1 fully saturated rings. The van der Waals surface area contributed by atoms with Gasteiger partial charge in [-0.2, -0.15) is 0 Å². The lowest BCUT2D eigenvalue weighted by molar-refractivity contribution is 0.0179. The van der Waals surface area contributed by atoms with Crippen molar-refractivity contribution in [3.63, 3.8) is 0 Å². The van der Waals surface area contributed by atoms with E-state index < -0.39 is 11.6 Å². The Morgan fingerprint density at radius 3 is 2.16 bits per heavy atom. The van der Waals surface area contributed by atoms with Crippen LogP contribution in [0.4, 0.5) is 4.39 Å². The number of benzene rings is 3. The van der Waals surface area contributed by atoms with E-state index in [9.17, 15) is 14.4 Å². The van der Waals surface area contributed by atoms with Crippen LogP contribution in [0.3, 0.4) is 0 Å². The molecule has 0 spiro atoms. The van der Waals surface area contributed by atoms with E-state index in [1.807, 2.05) is 12.1 Å². The van der Waals surface area contributed by atoms with Crippen molar-refractivity contribution in [2.45, 2.75) is 18.6 Å². The van der Waals surface area contributed by atoms with Crippen LogP contribution in [0, 0.1) is 5.82 Å². The lowest BCUT2D eigenvalue weighted by atomic mass is 9.98. The molecule has 2 heterocycles. The number of carbonyl (C=O) groups is 3. The maximum Gasteiger partial charge on any atom is 0.251 e. The van der Waals surface area contributed by atoms with Crippen LogP contribution < -0.4 is 20.7 Å². The van der Waals surface area contributed by atoms with Crippen molar-refractivity contribution in [2.75, 3.05) is 59.8 Å². The molecule has 3 N–H and O–H groups in total. The number of methoxy groups -OCH3 is 1. The third-order valence-corrected chi connectivity index (χ3v) is 8.02. The predicted octanol–water partition coefficient (Wildman–Crippen LogP) is 3.61. The van der Waals surface area contributed by atoms with Gasteiger partial charge < -0.3 is 34.9 Å².